The topological polar surface area (TPSA) is 87.0 Å². The lowest BCUT2D eigenvalue weighted by Crippen LogP contribution is -2.20. The van der Waals surface area contributed by atoms with Gasteiger partial charge in [-0.1, -0.05) is 0 Å². The number of halogens is 2. The number of phosphoric ester groups is 1. The summed E-state index contributed by atoms with van der Waals surface area (Å²) in [6.45, 7) is 3.05. The monoisotopic (exact) mass is 388 g/mol. The summed E-state index contributed by atoms with van der Waals surface area (Å²) in [5, 5.41) is 9.54. The molecule has 0 spiro atoms. The fourth-order valence-electron chi connectivity index (χ4n) is 1.26. The molecule has 0 saturated carbocycles. The number of hydrogen-bond donors (Lipinski definition) is 3. The third-order valence-corrected chi connectivity index (χ3v) is 3.96. The number of phenolic OH excluding ortho intramolecular Hbond substituents is 1. The van der Waals surface area contributed by atoms with E-state index in [9.17, 15) is 9.67 Å². The SMILES string of the molecule is CC(C)(OP(=O)(O)O)c1cc(Br)c(O)c(Br)c1. The lowest BCUT2D eigenvalue weighted by Gasteiger charge is -2.26. The van der Waals surface area contributed by atoms with Gasteiger partial charge in [0.2, 0.25) is 0 Å². The van der Waals surface area contributed by atoms with Crippen molar-refractivity contribution >= 4 is 39.7 Å². The molecule has 0 radical (unpaired) electrons. The highest BCUT2D eigenvalue weighted by Crippen LogP contribution is 2.46. The highest BCUT2D eigenvalue weighted by molar-refractivity contribution is 9.11. The largest absolute Gasteiger partial charge is 0.506 e. The first-order valence-electron chi connectivity index (χ1n) is 4.48. The van der Waals surface area contributed by atoms with Crippen molar-refractivity contribution in [1.29, 1.82) is 0 Å². The van der Waals surface area contributed by atoms with E-state index in [1.807, 2.05) is 0 Å². The molecule has 17 heavy (non-hydrogen) atoms. The molecule has 0 aliphatic rings. The summed E-state index contributed by atoms with van der Waals surface area (Å²) in [6.07, 6.45) is 0. The molecule has 0 saturated heterocycles. The number of phosphoric acid groups is 1. The average molecular weight is 390 g/mol. The van der Waals surface area contributed by atoms with Crippen LogP contribution in [0.25, 0.3) is 0 Å². The summed E-state index contributed by atoms with van der Waals surface area (Å²) in [6, 6.07) is 3.07. The molecule has 5 nitrogen and oxygen atoms in total. The molecular formula is C9H11Br2O5P. The van der Waals surface area contributed by atoms with Crippen LogP contribution in [0.2, 0.25) is 0 Å². The second-order valence-electron chi connectivity index (χ2n) is 3.88. The lowest BCUT2D eigenvalue weighted by atomic mass is 9.99. The molecule has 0 heterocycles. The minimum absolute atomic E-state index is 0.0146. The van der Waals surface area contributed by atoms with E-state index < -0.39 is 13.4 Å². The van der Waals surface area contributed by atoms with Gasteiger partial charge in [0.1, 0.15) is 5.75 Å². The van der Waals surface area contributed by atoms with Gasteiger partial charge in [0.15, 0.2) is 0 Å². The van der Waals surface area contributed by atoms with Crippen LogP contribution in [0, 0.1) is 0 Å². The van der Waals surface area contributed by atoms with Crippen LogP contribution in [0.3, 0.4) is 0 Å². The van der Waals surface area contributed by atoms with Crippen molar-refractivity contribution in [3.8, 4) is 5.75 Å². The van der Waals surface area contributed by atoms with Crippen LogP contribution in [-0.2, 0) is 14.7 Å². The molecule has 0 atom stereocenters. The summed E-state index contributed by atoms with van der Waals surface area (Å²) in [4.78, 5) is 17.6. The molecule has 3 N–H and O–H groups in total. The predicted octanol–water partition coefficient (Wildman–Crippen LogP) is 3.26. The van der Waals surface area contributed by atoms with E-state index in [2.05, 4.69) is 31.9 Å². The quantitative estimate of drug-likeness (QED) is 0.690. The third-order valence-electron chi connectivity index (χ3n) is 2.06. The molecule has 8 heteroatoms. The fraction of sp³-hybridized carbons (Fsp3) is 0.333. The Balaban J connectivity index is 3.20. The normalized spacial score (nSPS) is 12.8. The van der Waals surface area contributed by atoms with E-state index in [-0.39, 0.29) is 5.75 Å². The number of rotatable bonds is 3. The van der Waals surface area contributed by atoms with Gasteiger partial charge in [0.05, 0.1) is 14.5 Å². The van der Waals surface area contributed by atoms with Crippen LogP contribution >= 0.6 is 39.7 Å². The van der Waals surface area contributed by atoms with Crippen LogP contribution in [0.5, 0.6) is 5.75 Å². The van der Waals surface area contributed by atoms with Crippen LogP contribution in [0.4, 0.5) is 0 Å². The van der Waals surface area contributed by atoms with E-state index in [1.54, 1.807) is 0 Å². The Labute approximate surface area is 115 Å². The standard InChI is InChI=1S/C9H11Br2O5P/c1-9(2,16-17(13,14)15)5-3-6(10)8(12)7(11)4-5/h3-4,12H,1-2H3,(H2,13,14,15). The van der Waals surface area contributed by atoms with Crippen molar-refractivity contribution in [2.24, 2.45) is 0 Å². The van der Waals surface area contributed by atoms with E-state index in [1.165, 1.54) is 26.0 Å². The smallest absolute Gasteiger partial charge is 0.470 e. The maximum Gasteiger partial charge on any atom is 0.470 e. The molecule has 1 aromatic carbocycles. The van der Waals surface area contributed by atoms with E-state index >= 15 is 0 Å². The van der Waals surface area contributed by atoms with Crippen molar-refractivity contribution in [3.63, 3.8) is 0 Å². The van der Waals surface area contributed by atoms with Crippen molar-refractivity contribution in [1.82, 2.24) is 0 Å². The highest BCUT2D eigenvalue weighted by atomic mass is 79.9. The summed E-state index contributed by atoms with van der Waals surface area (Å²) < 4.78 is 16.4. The zero-order valence-electron chi connectivity index (χ0n) is 9.02. The Morgan fingerprint density at radius 1 is 1.24 bits per heavy atom. The highest BCUT2D eigenvalue weighted by Gasteiger charge is 2.31. The van der Waals surface area contributed by atoms with Gasteiger partial charge in [-0.15, -0.1) is 0 Å². The first-order valence-corrected chi connectivity index (χ1v) is 7.59. The van der Waals surface area contributed by atoms with Gasteiger partial charge in [-0.3, -0.25) is 4.52 Å². The third kappa shape index (κ3) is 4.05. The lowest BCUT2D eigenvalue weighted by molar-refractivity contribution is 0.0631. The van der Waals surface area contributed by atoms with E-state index in [0.29, 0.717) is 14.5 Å². The summed E-state index contributed by atoms with van der Waals surface area (Å²) in [5.74, 6) is 0.0146. The second kappa shape index (κ2) is 4.99. The first kappa shape index (κ1) is 15.1. The molecule has 0 aliphatic heterocycles. The minimum atomic E-state index is -4.59. The predicted molar refractivity (Wildman–Crippen MR) is 69.7 cm³/mol. The maximum atomic E-state index is 10.9. The molecular weight excluding hydrogens is 379 g/mol. The van der Waals surface area contributed by atoms with Crippen LogP contribution in [0.1, 0.15) is 19.4 Å². The number of benzene rings is 1. The van der Waals surface area contributed by atoms with Gasteiger partial charge < -0.3 is 14.9 Å². The van der Waals surface area contributed by atoms with Gasteiger partial charge in [0.25, 0.3) is 0 Å². The van der Waals surface area contributed by atoms with Gasteiger partial charge in [0, 0.05) is 0 Å². The maximum absolute atomic E-state index is 10.9. The zero-order valence-corrected chi connectivity index (χ0v) is 13.1. The van der Waals surface area contributed by atoms with Gasteiger partial charge in [-0.2, -0.15) is 0 Å². The van der Waals surface area contributed by atoms with Crippen molar-refractivity contribution < 1.29 is 24.0 Å². The molecule has 0 aromatic heterocycles. The van der Waals surface area contributed by atoms with Crippen LogP contribution in [0.15, 0.2) is 21.1 Å². The summed E-state index contributed by atoms with van der Waals surface area (Å²) >= 11 is 6.28. The van der Waals surface area contributed by atoms with Crippen LogP contribution in [-0.4, -0.2) is 14.9 Å². The zero-order chi connectivity index (χ0) is 13.4. The Morgan fingerprint density at radius 2 is 1.65 bits per heavy atom. The molecule has 96 valence electrons. The van der Waals surface area contributed by atoms with Crippen LogP contribution < -0.4 is 0 Å². The molecule has 0 fully saturated rings. The van der Waals surface area contributed by atoms with Crippen molar-refractivity contribution in [2.75, 3.05) is 0 Å². The first-order chi connectivity index (χ1) is 7.53. The molecule has 1 aromatic rings. The molecule has 1 rings (SSSR count). The molecule has 0 unspecified atom stereocenters. The minimum Gasteiger partial charge on any atom is -0.506 e. The number of aromatic hydroxyl groups is 1. The fourth-order valence-corrected chi connectivity index (χ4v) is 3.15. The van der Waals surface area contributed by atoms with E-state index in [0.717, 1.165) is 0 Å². The Morgan fingerprint density at radius 3 is 2.00 bits per heavy atom. The summed E-state index contributed by atoms with van der Waals surface area (Å²) in [7, 11) is -4.59. The Hall–Kier alpha value is 0.0900. The van der Waals surface area contributed by atoms with Gasteiger partial charge in [-0.05, 0) is 63.4 Å². The van der Waals surface area contributed by atoms with Gasteiger partial charge >= 0.3 is 7.82 Å². The molecule has 0 aliphatic carbocycles. The second-order valence-corrected chi connectivity index (χ2v) is 6.75. The average Bonchev–Trinajstić information content (AvgIpc) is 2.09. The van der Waals surface area contributed by atoms with Gasteiger partial charge in [-0.25, -0.2) is 4.57 Å². The van der Waals surface area contributed by atoms with Crippen molar-refractivity contribution in [2.45, 2.75) is 19.4 Å². The number of phenols is 1. The van der Waals surface area contributed by atoms with Crippen molar-refractivity contribution in [3.05, 3.63) is 26.6 Å². The Bertz CT molecular complexity index is 459. The van der Waals surface area contributed by atoms with E-state index in [4.69, 9.17) is 14.3 Å². The number of hydrogen-bond acceptors (Lipinski definition) is 3. The summed E-state index contributed by atoms with van der Waals surface area (Å²) in [5.41, 5.74) is -0.671. The molecule has 0 bridgehead atoms. The molecule has 0 amide bonds. The Kier molecular flexibility index (Phi) is 4.45.